The second-order valence-corrected chi connectivity index (χ2v) is 0. The zero-order valence-electron chi connectivity index (χ0n) is 1.63. The van der Waals surface area contributed by atoms with Gasteiger partial charge >= 0.3 is 0 Å². The standard InChI is InChI=1S/CH4.3HI.Pb/h1H4;3*1H;/p-3. The van der Waals surface area contributed by atoms with Crippen molar-refractivity contribution in [3.63, 3.8) is 0 Å². The quantitative estimate of drug-likeness (QED) is 0.191. The minimum atomic E-state index is 0. The molecule has 0 N–H and O–H groups in total. The first kappa shape index (κ1) is 42.4. The Kier molecular flexibility index (Phi) is 232. The summed E-state index contributed by atoms with van der Waals surface area (Å²) >= 11 is 0. The Labute approximate surface area is 104 Å². The molecular formula is CH4I3Pb-3. The zero-order chi connectivity index (χ0) is 0. The summed E-state index contributed by atoms with van der Waals surface area (Å²) in [7, 11) is 0. The summed E-state index contributed by atoms with van der Waals surface area (Å²) in [4.78, 5) is 0. The van der Waals surface area contributed by atoms with E-state index in [9.17, 15) is 0 Å². The molecule has 0 aromatic carbocycles. The van der Waals surface area contributed by atoms with Gasteiger partial charge in [0.2, 0.25) is 0 Å². The van der Waals surface area contributed by atoms with E-state index in [4.69, 9.17) is 0 Å². The summed E-state index contributed by atoms with van der Waals surface area (Å²) in [6, 6.07) is 0. The predicted molar refractivity (Wildman–Crippen MR) is 12.5 cm³/mol. The predicted octanol–water partition coefficient (Wildman–Crippen LogP) is -8.73. The Hall–Kier alpha value is 3.11. The van der Waals surface area contributed by atoms with E-state index in [2.05, 4.69) is 0 Å². The number of hydrogen-bond acceptors (Lipinski definition) is 0. The van der Waals surface area contributed by atoms with Crippen LogP contribution in [0.3, 0.4) is 0 Å². The topological polar surface area (TPSA) is 0 Å². The molecule has 0 nitrogen and oxygen atoms in total. The van der Waals surface area contributed by atoms with E-state index < -0.39 is 0 Å². The maximum Gasteiger partial charge on any atom is 0 e. The summed E-state index contributed by atoms with van der Waals surface area (Å²) in [5, 5.41) is 0. The van der Waals surface area contributed by atoms with Crippen molar-refractivity contribution < 1.29 is 71.9 Å². The Morgan fingerprint density at radius 1 is 0.600 bits per heavy atom. The van der Waals surface area contributed by atoms with Gasteiger partial charge in [-0.2, -0.15) is 0 Å². The van der Waals surface area contributed by atoms with Crippen molar-refractivity contribution in [3.05, 3.63) is 0 Å². The van der Waals surface area contributed by atoms with E-state index in [1.807, 2.05) is 0 Å². The molecule has 36 valence electrons. The van der Waals surface area contributed by atoms with Crippen molar-refractivity contribution in [3.8, 4) is 0 Å². The SMILES string of the molecule is C.[I-].[I-].[I-].[Pb]. The van der Waals surface area contributed by atoms with Gasteiger partial charge in [0.25, 0.3) is 0 Å². The first-order chi connectivity index (χ1) is 0. The molecule has 0 saturated heterocycles. The third-order valence-corrected chi connectivity index (χ3v) is 0. The molecule has 4 heteroatoms. The largest absolute Gasteiger partial charge is 1.00 e. The maximum atomic E-state index is 0. The minimum absolute atomic E-state index is 0. The van der Waals surface area contributed by atoms with Gasteiger partial charge in [-0.3, -0.25) is 0 Å². The summed E-state index contributed by atoms with van der Waals surface area (Å²) in [6.45, 7) is 0. The van der Waals surface area contributed by atoms with E-state index in [0.717, 1.165) is 0 Å². The van der Waals surface area contributed by atoms with Crippen LogP contribution in [0.5, 0.6) is 0 Å². The third-order valence-electron chi connectivity index (χ3n) is 0. The molecule has 0 unspecified atom stereocenters. The second kappa shape index (κ2) is 27.4. The van der Waals surface area contributed by atoms with Crippen LogP contribution in [0.25, 0.3) is 0 Å². The minimum Gasteiger partial charge on any atom is -1.00 e. The van der Waals surface area contributed by atoms with Gasteiger partial charge in [-0.05, 0) is 0 Å². The molecule has 0 saturated carbocycles. The van der Waals surface area contributed by atoms with E-state index in [1.54, 1.807) is 0 Å². The van der Waals surface area contributed by atoms with E-state index in [-0.39, 0.29) is 107 Å². The second-order valence-electron chi connectivity index (χ2n) is 0. The zero-order valence-corrected chi connectivity index (χ0v) is 12.0. The van der Waals surface area contributed by atoms with Crippen molar-refractivity contribution in [1.29, 1.82) is 0 Å². The number of hydrogen-bond donors (Lipinski definition) is 0. The fourth-order valence-electron chi connectivity index (χ4n) is 0. The van der Waals surface area contributed by atoms with Crippen LogP contribution in [-0.2, 0) is 0 Å². The van der Waals surface area contributed by atoms with Gasteiger partial charge in [-0.1, -0.05) is 7.43 Å². The van der Waals surface area contributed by atoms with Crippen molar-refractivity contribution >= 4 is 27.3 Å². The fourth-order valence-corrected chi connectivity index (χ4v) is 0. The monoisotopic (exact) mass is 605 g/mol. The van der Waals surface area contributed by atoms with Crippen molar-refractivity contribution in [2.24, 2.45) is 0 Å². The summed E-state index contributed by atoms with van der Waals surface area (Å²) in [5.74, 6) is 0. The average molecular weight is 604 g/mol. The van der Waals surface area contributed by atoms with Crippen molar-refractivity contribution in [1.82, 2.24) is 0 Å². The van der Waals surface area contributed by atoms with E-state index in [1.165, 1.54) is 0 Å². The molecule has 0 spiro atoms. The van der Waals surface area contributed by atoms with Gasteiger partial charge in [-0.25, -0.2) is 0 Å². The molecule has 0 aliphatic rings. The molecule has 0 aromatic heterocycles. The van der Waals surface area contributed by atoms with Crippen LogP contribution in [-0.4, -0.2) is 27.3 Å². The Balaban J connectivity index is 0. The first-order valence-electron chi connectivity index (χ1n) is 0. The Morgan fingerprint density at radius 2 is 0.600 bits per heavy atom. The average Bonchev–Trinajstić information content (AvgIpc) is 0. The summed E-state index contributed by atoms with van der Waals surface area (Å²) < 4.78 is 0. The van der Waals surface area contributed by atoms with Crippen LogP contribution in [0.15, 0.2) is 0 Å². The van der Waals surface area contributed by atoms with E-state index in [0.29, 0.717) is 0 Å². The molecular weight excluding hydrogens is 600 g/mol. The van der Waals surface area contributed by atoms with Gasteiger partial charge in [0.15, 0.2) is 0 Å². The molecule has 4 radical (unpaired) electrons. The summed E-state index contributed by atoms with van der Waals surface area (Å²) in [5.41, 5.74) is 0. The molecule has 0 atom stereocenters. The normalized spacial score (nSPS) is 0. The number of rotatable bonds is 0. The van der Waals surface area contributed by atoms with Crippen LogP contribution in [0.1, 0.15) is 7.43 Å². The molecule has 0 bridgehead atoms. The van der Waals surface area contributed by atoms with E-state index >= 15 is 0 Å². The Morgan fingerprint density at radius 3 is 0.600 bits per heavy atom. The molecule has 0 aromatic rings. The first-order valence-corrected chi connectivity index (χ1v) is 0. The molecule has 0 aliphatic carbocycles. The van der Waals surface area contributed by atoms with Gasteiger partial charge < -0.3 is 71.9 Å². The van der Waals surface area contributed by atoms with Gasteiger partial charge in [0.1, 0.15) is 0 Å². The van der Waals surface area contributed by atoms with Crippen LogP contribution >= 0.6 is 0 Å². The van der Waals surface area contributed by atoms with Gasteiger partial charge in [-0.15, -0.1) is 0 Å². The van der Waals surface area contributed by atoms with Crippen molar-refractivity contribution in [2.45, 2.75) is 7.43 Å². The smallest absolute Gasteiger partial charge is 0 e. The van der Waals surface area contributed by atoms with Gasteiger partial charge in [0, 0.05) is 27.3 Å². The van der Waals surface area contributed by atoms with Crippen LogP contribution in [0.4, 0.5) is 0 Å². The van der Waals surface area contributed by atoms with Gasteiger partial charge in [0.05, 0.1) is 0 Å². The fraction of sp³-hybridized carbons (Fsp3) is 1.00. The molecule has 0 rings (SSSR count). The molecule has 5 heavy (non-hydrogen) atoms. The Bertz CT molecular complexity index is 6.85. The third kappa shape index (κ3) is 19.2. The van der Waals surface area contributed by atoms with Crippen LogP contribution in [0, 0.1) is 0 Å². The molecule has 0 heterocycles. The molecule has 0 amide bonds. The summed E-state index contributed by atoms with van der Waals surface area (Å²) in [6.07, 6.45) is 0. The molecule has 0 fully saturated rings. The van der Waals surface area contributed by atoms with Crippen LogP contribution in [0.2, 0.25) is 0 Å². The van der Waals surface area contributed by atoms with Crippen LogP contribution < -0.4 is 71.9 Å². The number of halogens is 3. The van der Waals surface area contributed by atoms with Crippen molar-refractivity contribution in [2.75, 3.05) is 0 Å². The maximum absolute atomic E-state index is 0. The molecule has 0 aliphatic heterocycles.